The SMILES string of the molecule is COc1cc(C)ccc1C(=O)N/N=C\c1ccncc1. The average molecular weight is 269 g/mol. The molecule has 0 saturated carbocycles. The van der Waals surface area contributed by atoms with Gasteiger partial charge in [-0.3, -0.25) is 9.78 Å². The molecule has 0 aliphatic rings. The number of hydrogen-bond donors (Lipinski definition) is 1. The Morgan fingerprint density at radius 2 is 2.05 bits per heavy atom. The zero-order valence-corrected chi connectivity index (χ0v) is 11.3. The molecular weight excluding hydrogens is 254 g/mol. The second-order valence-electron chi connectivity index (χ2n) is 4.18. The third-order valence-corrected chi connectivity index (χ3v) is 2.69. The van der Waals surface area contributed by atoms with Gasteiger partial charge in [0.15, 0.2) is 0 Å². The van der Waals surface area contributed by atoms with Crippen molar-refractivity contribution in [1.29, 1.82) is 0 Å². The Bertz CT molecular complexity index is 624. The minimum absolute atomic E-state index is 0.313. The fourth-order valence-electron chi connectivity index (χ4n) is 1.66. The molecule has 5 nitrogen and oxygen atoms in total. The number of benzene rings is 1. The van der Waals surface area contributed by atoms with Gasteiger partial charge in [0.1, 0.15) is 5.75 Å². The van der Waals surface area contributed by atoms with Crippen LogP contribution in [0, 0.1) is 6.92 Å². The van der Waals surface area contributed by atoms with E-state index in [1.807, 2.05) is 19.1 Å². The number of amides is 1. The summed E-state index contributed by atoms with van der Waals surface area (Å²) in [6, 6.07) is 8.96. The molecule has 20 heavy (non-hydrogen) atoms. The van der Waals surface area contributed by atoms with Crippen molar-refractivity contribution in [3.8, 4) is 5.75 Å². The molecule has 1 aromatic carbocycles. The van der Waals surface area contributed by atoms with Crippen LogP contribution in [0.3, 0.4) is 0 Å². The summed E-state index contributed by atoms with van der Waals surface area (Å²) in [5, 5.41) is 3.91. The van der Waals surface area contributed by atoms with E-state index >= 15 is 0 Å². The number of hydrazone groups is 1. The molecule has 2 rings (SSSR count). The molecule has 0 spiro atoms. The van der Waals surface area contributed by atoms with Crippen molar-refractivity contribution in [2.24, 2.45) is 5.10 Å². The lowest BCUT2D eigenvalue weighted by molar-refractivity contribution is 0.0952. The van der Waals surface area contributed by atoms with E-state index < -0.39 is 0 Å². The maximum absolute atomic E-state index is 12.0. The number of rotatable bonds is 4. The second kappa shape index (κ2) is 6.47. The summed E-state index contributed by atoms with van der Waals surface area (Å²) in [6.07, 6.45) is 4.87. The maximum atomic E-state index is 12.0. The third kappa shape index (κ3) is 3.41. The van der Waals surface area contributed by atoms with Crippen molar-refractivity contribution in [2.45, 2.75) is 6.92 Å². The van der Waals surface area contributed by atoms with E-state index in [-0.39, 0.29) is 5.91 Å². The fourth-order valence-corrected chi connectivity index (χ4v) is 1.66. The Balaban J connectivity index is 2.07. The number of carbonyl (C=O) groups is 1. The Labute approximate surface area is 117 Å². The molecule has 0 bridgehead atoms. The van der Waals surface area contributed by atoms with Crippen molar-refractivity contribution in [1.82, 2.24) is 10.4 Å². The van der Waals surface area contributed by atoms with Crippen LogP contribution in [0.5, 0.6) is 5.75 Å². The topological polar surface area (TPSA) is 63.6 Å². The summed E-state index contributed by atoms with van der Waals surface area (Å²) in [5.74, 6) is 0.216. The molecule has 2 aromatic rings. The second-order valence-corrected chi connectivity index (χ2v) is 4.18. The summed E-state index contributed by atoms with van der Waals surface area (Å²) in [7, 11) is 1.53. The van der Waals surface area contributed by atoms with E-state index in [1.165, 1.54) is 7.11 Å². The number of pyridine rings is 1. The van der Waals surface area contributed by atoms with Crippen LogP contribution < -0.4 is 10.2 Å². The van der Waals surface area contributed by atoms with E-state index in [2.05, 4.69) is 15.5 Å². The van der Waals surface area contributed by atoms with Crippen LogP contribution in [0.25, 0.3) is 0 Å². The maximum Gasteiger partial charge on any atom is 0.275 e. The molecule has 1 amide bonds. The van der Waals surface area contributed by atoms with E-state index in [1.54, 1.807) is 36.8 Å². The molecule has 5 heteroatoms. The number of aryl methyl sites for hydroxylation is 1. The van der Waals surface area contributed by atoms with Gasteiger partial charge >= 0.3 is 0 Å². The third-order valence-electron chi connectivity index (χ3n) is 2.69. The molecule has 102 valence electrons. The van der Waals surface area contributed by atoms with E-state index in [0.717, 1.165) is 11.1 Å². The summed E-state index contributed by atoms with van der Waals surface area (Å²) < 4.78 is 5.19. The number of hydrogen-bond acceptors (Lipinski definition) is 4. The Morgan fingerprint density at radius 1 is 1.30 bits per heavy atom. The summed E-state index contributed by atoms with van der Waals surface area (Å²) in [6.45, 7) is 1.94. The van der Waals surface area contributed by atoms with Crippen LogP contribution in [0.4, 0.5) is 0 Å². The van der Waals surface area contributed by atoms with Crippen molar-refractivity contribution < 1.29 is 9.53 Å². The number of nitrogens with zero attached hydrogens (tertiary/aromatic N) is 2. The van der Waals surface area contributed by atoms with Crippen LogP contribution in [-0.2, 0) is 0 Å². The average Bonchev–Trinajstić information content (AvgIpc) is 2.48. The number of nitrogens with one attached hydrogen (secondary N) is 1. The standard InChI is InChI=1S/C15H15N3O2/c1-11-3-4-13(14(9-11)20-2)15(19)18-17-10-12-5-7-16-8-6-12/h3-10H,1-2H3,(H,18,19)/b17-10-. The van der Waals surface area contributed by atoms with Crippen LogP contribution in [0.15, 0.2) is 47.8 Å². The van der Waals surface area contributed by atoms with Gasteiger partial charge in [0.2, 0.25) is 0 Å². The minimum Gasteiger partial charge on any atom is -0.496 e. The lowest BCUT2D eigenvalue weighted by Crippen LogP contribution is -2.18. The van der Waals surface area contributed by atoms with Gasteiger partial charge in [-0.1, -0.05) is 6.07 Å². The number of aromatic nitrogens is 1. The first-order valence-corrected chi connectivity index (χ1v) is 6.09. The molecule has 0 radical (unpaired) electrons. The molecule has 0 fully saturated rings. The molecule has 1 N–H and O–H groups in total. The first-order chi connectivity index (χ1) is 9.70. The lowest BCUT2D eigenvalue weighted by Gasteiger charge is -2.07. The van der Waals surface area contributed by atoms with Crippen molar-refractivity contribution in [3.63, 3.8) is 0 Å². The highest BCUT2D eigenvalue weighted by Crippen LogP contribution is 2.19. The highest BCUT2D eigenvalue weighted by molar-refractivity contribution is 5.97. The molecule has 0 aliphatic heterocycles. The molecule has 1 aromatic heterocycles. The molecule has 1 heterocycles. The highest BCUT2D eigenvalue weighted by atomic mass is 16.5. The zero-order chi connectivity index (χ0) is 14.4. The number of methoxy groups -OCH3 is 1. The van der Waals surface area contributed by atoms with Gasteiger partial charge in [-0.15, -0.1) is 0 Å². The van der Waals surface area contributed by atoms with Gasteiger partial charge < -0.3 is 4.74 Å². The molecule has 0 saturated heterocycles. The van der Waals surface area contributed by atoms with Gasteiger partial charge in [0.25, 0.3) is 5.91 Å². The zero-order valence-electron chi connectivity index (χ0n) is 11.3. The lowest BCUT2D eigenvalue weighted by atomic mass is 10.1. The van der Waals surface area contributed by atoms with Gasteiger partial charge in [-0.2, -0.15) is 5.10 Å². The smallest absolute Gasteiger partial charge is 0.275 e. The van der Waals surface area contributed by atoms with E-state index in [9.17, 15) is 4.79 Å². The Morgan fingerprint density at radius 3 is 2.75 bits per heavy atom. The molecule has 0 aliphatic carbocycles. The molecule has 0 atom stereocenters. The number of ether oxygens (including phenoxy) is 1. The van der Waals surface area contributed by atoms with E-state index in [4.69, 9.17) is 4.74 Å². The van der Waals surface area contributed by atoms with Crippen LogP contribution in [-0.4, -0.2) is 24.2 Å². The summed E-state index contributed by atoms with van der Waals surface area (Å²) >= 11 is 0. The Hall–Kier alpha value is -2.69. The first kappa shape index (κ1) is 13.7. The van der Waals surface area contributed by atoms with Gasteiger partial charge in [-0.25, -0.2) is 5.43 Å². The van der Waals surface area contributed by atoms with Crippen LogP contribution >= 0.6 is 0 Å². The monoisotopic (exact) mass is 269 g/mol. The van der Waals surface area contributed by atoms with Crippen LogP contribution in [0.1, 0.15) is 21.5 Å². The van der Waals surface area contributed by atoms with Crippen molar-refractivity contribution >= 4 is 12.1 Å². The summed E-state index contributed by atoms with van der Waals surface area (Å²) in [4.78, 5) is 15.9. The molecular formula is C15H15N3O2. The van der Waals surface area contributed by atoms with Gasteiger partial charge in [-0.05, 0) is 42.3 Å². The Kier molecular flexibility index (Phi) is 4.44. The fraction of sp³-hybridized carbons (Fsp3) is 0.133. The predicted octanol–water partition coefficient (Wildman–Crippen LogP) is 2.16. The quantitative estimate of drug-likeness (QED) is 0.683. The van der Waals surface area contributed by atoms with Gasteiger partial charge in [0, 0.05) is 12.4 Å². The van der Waals surface area contributed by atoms with Crippen molar-refractivity contribution in [2.75, 3.05) is 7.11 Å². The van der Waals surface area contributed by atoms with Crippen LogP contribution in [0.2, 0.25) is 0 Å². The highest BCUT2D eigenvalue weighted by Gasteiger charge is 2.11. The minimum atomic E-state index is -0.313. The molecule has 0 unspecified atom stereocenters. The summed E-state index contributed by atoms with van der Waals surface area (Å²) in [5.41, 5.74) is 4.80. The number of carbonyl (C=O) groups excluding carboxylic acids is 1. The van der Waals surface area contributed by atoms with Gasteiger partial charge in [0.05, 0.1) is 18.9 Å². The van der Waals surface area contributed by atoms with Crippen molar-refractivity contribution in [3.05, 3.63) is 59.4 Å². The predicted molar refractivity (Wildman–Crippen MR) is 77.0 cm³/mol. The van der Waals surface area contributed by atoms with E-state index in [0.29, 0.717) is 11.3 Å². The largest absolute Gasteiger partial charge is 0.496 e. The normalized spacial score (nSPS) is 10.5. The first-order valence-electron chi connectivity index (χ1n) is 6.09.